The van der Waals surface area contributed by atoms with Crippen molar-refractivity contribution in [2.24, 2.45) is 0 Å². The van der Waals surface area contributed by atoms with E-state index in [1.54, 1.807) is 0 Å². The Morgan fingerprint density at radius 2 is 0.476 bits per heavy atom. The van der Waals surface area contributed by atoms with E-state index in [9.17, 15) is 14.4 Å². The summed E-state index contributed by atoms with van der Waals surface area (Å²) in [6.45, 7) is 6.55. The molecule has 0 aromatic rings. The van der Waals surface area contributed by atoms with Gasteiger partial charge in [0.2, 0.25) is 0 Å². The molecule has 0 aromatic heterocycles. The Kier molecular flexibility index (Phi) is 67.2. The van der Waals surface area contributed by atoms with Gasteiger partial charge in [0.05, 0.1) is 0 Å². The van der Waals surface area contributed by atoms with Crippen LogP contribution in [0.5, 0.6) is 0 Å². The maximum atomic E-state index is 12.9. The number of hydrogen-bond acceptors (Lipinski definition) is 6. The first-order chi connectivity index (χ1) is 40.5. The highest BCUT2D eigenvalue weighted by Crippen LogP contribution is 2.18. The van der Waals surface area contributed by atoms with Crippen LogP contribution < -0.4 is 0 Å². The molecule has 1 atom stereocenters. The van der Waals surface area contributed by atoms with Crippen molar-refractivity contribution in [2.75, 3.05) is 13.2 Å². The molecule has 0 amide bonds. The van der Waals surface area contributed by atoms with Gasteiger partial charge < -0.3 is 14.2 Å². The number of carbonyl (C=O) groups excluding carboxylic acids is 3. The molecule has 0 bridgehead atoms. The van der Waals surface area contributed by atoms with Gasteiger partial charge in [-0.15, -0.1) is 0 Å². The van der Waals surface area contributed by atoms with Crippen LogP contribution in [-0.4, -0.2) is 37.2 Å². The van der Waals surface area contributed by atoms with Crippen LogP contribution in [0.4, 0.5) is 0 Å². The molecular weight excluding hydrogens is 1010 g/mol. The largest absolute Gasteiger partial charge is 0.462 e. The Morgan fingerprint density at radius 1 is 0.256 bits per heavy atom. The van der Waals surface area contributed by atoms with Crippen LogP contribution in [-0.2, 0) is 28.6 Å². The molecule has 0 saturated heterocycles. The van der Waals surface area contributed by atoms with E-state index in [1.165, 1.54) is 212 Å². The van der Waals surface area contributed by atoms with Crippen molar-refractivity contribution >= 4 is 17.9 Å². The summed E-state index contributed by atoms with van der Waals surface area (Å²) in [5.41, 5.74) is 0. The van der Waals surface area contributed by atoms with Crippen LogP contribution in [0, 0.1) is 0 Å². The quantitative estimate of drug-likeness (QED) is 0.0261. The summed E-state index contributed by atoms with van der Waals surface area (Å²) in [4.78, 5) is 38.4. The van der Waals surface area contributed by atoms with Crippen LogP contribution in [0.3, 0.4) is 0 Å². The minimum Gasteiger partial charge on any atom is -0.462 e. The first kappa shape index (κ1) is 78.6. The number of esters is 3. The first-order valence-corrected chi connectivity index (χ1v) is 35.6. The number of ether oxygens (including phenoxy) is 3. The standard InChI is InChI=1S/C76H134O6/c1-4-7-10-13-16-19-22-25-27-29-31-33-34-35-36-37-38-39-40-41-42-44-45-47-49-51-54-57-60-63-66-69-75(78)81-72-73(71-80-74(77)68-65-62-59-56-53-24-21-18-15-12-9-6-3)82-76(79)70-67-64-61-58-55-52-50-48-46-43-32-30-28-26-23-20-17-14-11-8-5-2/h7,10,16,19,23,25-27,30-33,46,48,73H,4-6,8-9,11-15,17-18,20-22,24,28-29,34-45,47,49-72H2,1-3H3/b10-7-,19-16-,26-23-,27-25-,32-30-,33-31-,48-46-. The summed E-state index contributed by atoms with van der Waals surface area (Å²) in [6.07, 6.45) is 93.3. The molecule has 6 nitrogen and oxygen atoms in total. The van der Waals surface area contributed by atoms with Gasteiger partial charge in [-0.2, -0.15) is 0 Å². The van der Waals surface area contributed by atoms with Crippen LogP contribution >= 0.6 is 0 Å². The summed E-state index contributed by atoms with van der Waals surface area (Å²) in [5.74, 6) is -0.869. The van der Waals surface area contributed by atoms with Crippen molar-refractivity contribution in [1.29, 1.82) is 0 Å². The van der Waals surface area contributed by atoms with E-state index in [1.807, 2.05) is 0 Å². The second kappa shape index (κ2) is 70.1. The van der Waals surface area contributed by atoms with Crippen molar-refractivity contribution in [3.8, 4) is 0 Å². The van der Waals surface area contributed by atoms with Crippen LogP contribution in [0.1, 0.15) is 361 Å². The zero-order valence-corrected chi connectivity index (χ0v) is 54.5. The van der Waals surface area contributed by atoms with Crippen molar-refractivity contribution < 1.29 is 28.6 Å². The zero-order valence-electron chi connectivity index (χ0n) is 54.5. The molecule has 0 N–H and O–H groups in total. The third-order valence-corrected chi connectivity index (χ3v) is 15.6. The van der Waals surface area contributed by atoms with Crippen LogP contribution in [0.2, 0.25) is 0 Å². The number of allylic oxidation sites excluding steroid dienone is 14. The van der Waals surface area contributed by atoms with Gasteiger partial charge in [0, 0.05) is 19.3 Å². The average molecular weight is 1140 g/mol. The molecule has 474 valence electrons. The Bertz CT molecular complexity index is 1550. The lowest BCUT2D eigenvalue weighted by Gasteiger charge is -2.18. The number of hydrogen-bond donors (Lipinski definition) is 0. The highest BCUT2D eigenvalue weighted by atomic mass is 16.6. The molecule has 0 aliphatic carbocycles. The second-order valence-corrected chi connectivity index (χ2v) is 23.8. The van der Waals surface area contributed by atoms with Crippen LogP contribution in [0.25, 0.3) is 0 Å². The van der Waals surface area contributed by atoms with Gasteiger partial charge in [0.25, 0.3) is 0 Å². The molecule has 0 aliphatic heterocycles. The summed E-state index contributed by atoms with van der Waals surface area (Å²) >= 11 is 0. The van der Waals surface area contributed by atoms with Gasteiger partial charge >= 0.3 is 17.9 Å². The Morgan fingerprint density at radius 3 is 0.744 bits per heavy atom. The summed E-state index contributed by atoms with van der Waals surface area (Å²) < 4.78 is 17.0. The predicted octanol–water partition coefficient (Wildman–Crippen LogP) is 24.6. The van der Waals surface area contributed by atoms with Gasteiger partial charge in [-0.25, -0.2) is 0 Å². The minimum atomic E-state index is -0.781. The van der Waals surface area contributed by atoms with Gasteiger partial charge in [-0.05, 0) is 96.3 Å². The van der Waals surface area contributed by atoms with Crippen molar-refractivity contribution in [2.45, 2.75) is 367 Å². The molecular formula is C76H134O6. The first-order valence-electron chi connectivity index (χ1n) is 35.6. The minimum absolute atomic E-state index is 0.0766. The third kappa shape index (κ3) is 67.4. The fourth-order valence-electron chi connectivity index (χ4n) is 10.3. The fraction of sp³-hybridized carbons (Fsp3) is 0.776. The van der Waals surface area contributed by atoms with Gasteiger partial charge in [0.15, 0.2) is 6.10 Å². The summed E-state index contributed by atoms with van der Waals surface area (Å²) in [6, 6.07) is 0. The monoisotopic (exact) mass is 1140 g/mol. The third-order valence-electron chi connectivity index (χ3n) is 15.6. The Labute approximate surface area is 509 Å². The lowest BCUT2D eigenvalue weighted by Crippen LogP contribution is -2.30. The number of rotatable bonds is 65. The Hall–Kier alpha value is -3.41. The smallest absolute Gasteiger partial charge is 0.306 e. The lowest BCUT2D eigenvalue weighted by molar-refractivity contribution is -0.167. The molecule has 0 aromatic carbocycles. The predicted molar refractivity (Wildman–Crippen MR) is 358 cm³/mol. The number of carbonyl (C=O) groups is 3. The normalized spacial score (nSPS) is 12.6. The SMILES string of the molecule is CC/C=C\C/C=C\C/C=C\C/C=C\CCCCCCCCCCCCCCCCCCCCC(=O)OCC(COC(=O)CCCCCCCCCCCCCC)OC(=O)CCCCCCCC/C=C\C/C=C\C/C=C\CCCCCCC. The molecule has 0 heterocycles. The van der Waals surface area contributed by atoms with Crippen molar-refractivity contribution in [1.82, 2.24) is 0 Å². The molecule has 0 rings (SSSR count). The summed E-state index contributed by atoms with van der Waals surface area (Å²) in [7, 11) is 0. The molecule has 0 spiro atoms. The topological polar surface area (TPSA) is 78.9 Å². The van der Waals surface area contributed by atoms with E-state index in [2.05, 4.69) is 106 Å². The molecule has 0 saturated carbocycles. The molecule has 0 radical (unpaired) electrons. The molecule has 82 heavy (non-hydrogen) atoms. The average Bonchev–Trinajstić information content (AvgIpc) is 3.47. The van der Waals surface area contributed by atoms with E-state index >= 15 is 0 Å². The van der Waals surface area contributed by atoms with E-state index in [0.29, 0.717) is 19.3 Å². The van der Waals surface area contributed by atoms with E-state index in [-0.39, 0.29) is 31.1 Å². The Balaban J connectivity index is 4.20. The maximum Gasteiger partial charge on any atom is 0.306 e. The van der Waals surface area contributed by atoms with Gasteiger partial charge in [-0.3, -0.25) is 14.4 Å². The molecule has 0 fully saturated rings. The van der Waals surface area contributed by atoms with Gasteiger partial charge in [0.1, 0.15) is 13.2 Å². The second-order valence-electron chi connectivity index (χ2n) is 23.8. The number of unbranched alkanes of at least 4 members (excludes halogenated alkanes) is 40. The molecule has 1 unspecified atom stereocenters. The fourth-order valence-corrected chi connectivity index (χ4v) is 10.3. The van der Waals surface area contributed by atoms with Crippen LogP contribution in [0.15, 0.2) is 85.1 Å². The van der Waals surface area contributed by atoms with E-state index in [0.717, 1.165) is 109 Å². The van der Waals surface area contributed by atoms with Crippen molar-refractivity contribution in [3.63, 3.8) is 0 Å². The van der Waals surface area contributed by atoms with E-state index < -0.39 is 6.10 Å². The van der Waals surface area contributed by atoms with Crippen molar-refractivity contribution in [3.05, 3.63) is 85.1 Å². The molecule has 6 heteroatoms. The molecule has 0 aliphatic rings. The lowest BCUT2D eigenvalue weighted by atomic mass is 10.0. The zero-order chi connectivity index (χ0) is 59.2. The highest BCUT2D eigenvalue weighted by molar-refractivity contribution is 5.71. The van der Waals surface area contributed by atoms with E-state index in [4.69, 9.17) is 14.2 Å². The maximum absolute atomic E-state index is 12.9. The summed E-state index contributed by atoms with van der Waals surface area (Å²) in [5, 5.41) is 0. The highest BCUT2D eigenvalue weighted by Gasteiger charge is 2.19. The van der Waals surface area contributed by atoms with Gasteiger partial charge in [-0.1, -0.05) is 331 Å².